The molecule has 0 bridgehead atoms. The highest BCUT2D eigenvalue weighted by molar-refractivity contribution is 5.80. The van der Waals surface area contributed by atoms with Crippen LogP contribution < -0.4 is 10.6 Å². The van der Waals surface area contributed by atoms with Gasteiger partial charge in [-0.15, -0.1) is 0 Å². The summed E-state index contributed by atoms with van der Waals surface area (Å²) in [7, 11) is 0. The van der Waals surface area contributed by atoms with Crippen molar-refractivity contribution < 1.29 is 14.0 Å². The molecule has 0 spiro atoms. The summed E-state index contributed by atoms with van der Waals surface area (Å²) in [4.78, 5) is 26.1. The van der Waals surface area contributed by atoms with Crippen LogP contribution in [0.25, 0.3) is 0 Å². The lowest BCUT2D eigenvalue weighted by Gasteiger charge is -2.31. The molecule has 2 N–H and O–H groups in total. The minimum Gasteiger partial charge on any atom is -0.467 e. The van der Waals surface area contributed by atoms with Crippen LogP contribution in [-0.4, -0.2) is 36.0 Å². The molecule has 23 heavy (non-hydrogen) atoms. The summed E-state index contributed by atoms with van der Waals surface area (Å²) in [6.45, 7) is 3.73. The van der Waals surface area contributed by atoms with Crippen LogP contribution in [0.15, 0.2) is 22.8 Å². The molecule has 1 saturated carbocycles. The molecule has 0 radical (unpaired) electrons. The van der Waals surface area contributed by atoms with Crippen LogP contribution in [-0.2, 0) is 11.3 Å². The fourth-order valence-electron chi connectivity index (χ4n) is 3.09. The Hall–Kier alpha value is -1.98. The first-order valence-electron chi connectivity index (χ1n) is 8.49. The summed E-state index contributed by atoms with van der Waals surface area (Å²) >= 11 is 0. The summed E-state index contributed by atoms with van der Waals surface area (Å²) < 4.78 is 5.19. The van der Waals surface area contributed by atoms with Gasteiger partial charge in [0.1, 0.15) is 5.76 Å². The number of carbonyl (C=O) groups is 2. The van der Waals surface area contributed by atoms with E-state index in [0.717, 1.165) is 18.6 Å². The first kappa shape index (κ1) is 15.9. The molecular weight excluding hydrogens is 294 g/mol. The molecule has 2 fully saturated rings. The van der Waals surface area contributed by atoms with Gasteiger partial charge in [-0.05, 0) is 50.7 Å². The van der Waals surface area contributed by atoms with Crippen LogP contribution in [0.1, 0.15) is 38.4 Å². The Kier molecular flexibility index (Phi) is 4.88. The second-order valence-electron chi connectivity index (χ2n) is 6.63. The van der Waals surface area contributed by atoms with Crippen LogP contribution in [0.4, 0.5) is 4.79 Å². The lowest BCUT2D eigenvalue weighted by atomic mass is 9.95. The second kappa shape index (κ2) is 7.06. The van der Waals surface area contributed by atoms with Crippen LogP contribution in [0.3, 0.4) is 0 Å². The molecule has 3 amide bonds. The number of rotatable bonds is 5. The molecule has 1 aromatic rings. The first-order valence-corrected chi connectivity index (χ1v) is 8.49. The lowest BCUT2D eigenvalue weighted by Crippen LogP contribution is -2.47. The lowest BCUT2D eigenvalue weighted by molar-refractivity contribution is -0.127. The first-order chi connectivity index (χ1) is 11.1. The van der Waals surface area contributed by atoms with Gasteiger partial charge in [0.15, 0.2) is 0 Å². The summed E-state index contributed by atoms with van der Waals surface area (Å²) in [5.74, 6) is 1.60. The zero-order chi connectivity index (χ0) is 16.2. The monoisotopic (exact) mass is 319 g/mol. The maximum absolute atomic E-state index is 12.3. The molecule has 126 valence electrons. The maximum atomic E-state index is 12.3. The SMILES string of the molecule is C[C@@H](NC(=O)C1CCN(C(=O)NCc2ccco2)CC1)C1CC1. The normalized spacial score (nSPS) is 20.1. The minimum absolute atomic E-state index is 0.0327. The molecule has 6 heteroatoms. The third-order valence-electron chi connectivity index (χ3n) is 4.85. The van der Waals surface area contributed by atoms with Crippen molar-refractivity contribution in [2.45, 2.75) is 45.2 Å². The summed E-state index contributed by atoms with van der Waals surface area (Å²) in [5.41, 5.74) is 0. The van der Waals surface area contributed by atoms with Gasteiger partial charge in [-0.3, -0.25) is 4.79 Å². The molecule has 1 aliphatic heterocycles. The molecule has 6 nitrogen and oxygen atoms in total. The second-order valence-corrected chi connectivity index (χ2v) is 6.63. The van der Waals surface area contributed by atoms with Gasteiger partial charge in [0.2, 0.25) is 5.91 Å². The zero-order valence-corrected chi connectivity index (χ0v) is 13.6. The highest BCUT2D eigenvalue weighted by Crippen LogP contribution is 2.32. The van der Waals surface area contributed by atoms with E-state index in [9.17, 15) is 9.59 Å². The number of hydrogen-bond donors (Lipinski definition) is 2. The Labute approximate surface area is 136 Å². The van der Waals surface area contributed by atoms with E-state index < -0.39 is 0 Å². The third-order valence-corrected chi connectivity index (χ3v) is 4.85. The molecule has 0 aromatic carbocycles. The summed E-state index contributed by atoms with van der Waals surface area (Å²) in [5, 5.41) is 5.98. The highest BCUT2D eigenvalue weighted by Gasteiger charge is 2.32. The number of nitrogens with zero attached hydrogens (tertiary/aromatic N) is 1. The maximum Gasteiger partial charge on any atom is 0.317 e. The Morgan fingerprint density at radius 2 is 2.04 bits per heavy atom. The Bertz CT molecular complexity index is 531. The van der Waals surface area contributed by atoms with Crippen molar-refractivity contribution in [3.05, 3.63) is 24.2 Å². The topological polar surface area (TPSA) is 74.6 Å². The Morgan fingerprint density at radius 1 is 1.30 bits per heavy atom. The van der Waals surface area contributed by atoms with Crippen molar-refractivity contribution in [3.8, 4) is 0 Å². The van der Waals surface area contributed by atoms with Crippen molar-refractivity contribution in [1.82, 2.24) is 15.5 Å². The van der Waals surface area contributed by atoms with E-state index in [4.69, 9.17) is 4.42 Å². The number of nitrogens with one attached hydrogen (secondary N) is 2. The van der Waals surface area contributed by atoms with Gasteiger partial charge in [-0.25, -0.2) is 4.79 Å². The quantitative estimate of drug-likeness (QED) is 0.873. The zero-order valence-electron chi connectivity index (χ0n) is 13.6. The number of piperidine rings is 1. The van der Waals surface area contributed by atoms with Crippen LogP contribution in [0.2, 0.25) is 0 Å². The number of amides is 3. The van der Waals surface area contributed by atoms with E-state index in [2.05, 4.69) is 17.6 Å². The van der Waals surface area contributed by atoms with Gasteiger partial charge in [0.25, 0.3) is 0 Å². The number of furan rings is 1. The fourth-order valence-corrected chi connectivity index (χ4v) is 3.09. The molecule has 1 aliphatic carbocycles. The smallest absolute Gasteiger partial charge is 0.317 e. The van der Waals surface area contributed by atoms with Crippen molar-refractivity contribution in [2.24, 2.45) is 11.8 Å². The van der Waals surface area contributed by atoms with Crippen LogP contribution in [0.5, 0.6) is 0 Å². The van der Waals surface area contributed by atoms with Gasteiger partial charge in [0, 0.05) is 25.0 Å². The molecule has 2 heterocycles. The van der Waals surface area contributed by atoms with Gasteiger partial charge in [-0.2, -0.15) is 0 Å². The van der Waals surface area contributed by atoms with Crippen molar-refractivity contribution in [2.75, 3.05) is 13.1 Å². The van der Waals surface area contributed by atoms with E-state index in [1.165, 1.54) is 12.8 Å². The van der Waals surface area contributed by atoms with Crippen molar-refractivity contribution in [3.63, 3.8) is 0 Å². The van der Waals surface area contributed by atoms with Gasteiger partial charge in [-0.1, -0.05) is 0 Å². The van der Waals surface area contributed by atoms with Crippen molar-refractivity contribution >= 4 is 11.9 Å². The molecule has 1 atom stereocenters. The van der Waals surface area contributed by atoms with Gasteiger partial charge in [0.05, 0.1) is 12.8 Å². The molecule has 1 saturated heterocycles. The predicted molar refractivity (Wildman–Crippen MR) is 85.6 cm³/mol. The molecule has 0 unspecified atom stereocenters. The number of carbonyl (C=O) groups excluding carboxylic acids is 2. The predicted octanol–water partition coefficient (Wildman–Crippen LogP) is 2.12. The average molecular weight is 319 g/mol. The highest BCUT2D eigenvalue weighted by atomic mass is 16.3. The number of likely N-dealkylation sites (tertiary alicyclic amines) is 1. The van der Waals surface area contributed by atoms with Crippen LogP contribution in [0, 0.1) is 11.8 Å². The molecular formula is C17H25N3O3. The largest absolute Gasteiger partial charge is 0.467 e. The summed E-state index contributed by atoms with van der Waals surface area (Å²) in [6.07, 6.45) is 5.52. The molecule has 2 aliphatic rings. The molecule has 3 rings (SSSR count). The standard InChI is InChI=1S/C17H25N3O3/c1-12(13-4-5-13)19-16(21)14-6-8-20(9-7-14)17(22)18-11-15-3-2-10-23-15/h2-3,10,12-14H,4-9,11H2,1H3,(H,18,22)(H,19,21)/t12-/m1/s1. The Morgan fingerprint density at radius 3 is 2.65 bits per heavy atom. The third kappa shape index (κ3) is 4.27. The number of urea groups is 1. The van der Waals surface area contributed by atoms with E-state index in [0.29, 0.717) is 25.6 Å². The number of hydrogen-bond acceptors (Lipinski definition) is 3. The Balaban J connectivity index is 1.38. The van der Waals surface area contributed by atoms with E-state index >= 15 is 0 Å². The summed E-state index contributed by atoms with van der Waals surface area (Å²) in [6, 6.07) is 3.83. The minimum atomic E-state index is -0.0911. The van der Waals surface area contributed by atoms with Crippen molar-refractivity contribution in [1.29, 1.82) is 0 Å². The van der Waals surface area contributed by atoms with Gasteiger partial charge >= 0.3 is 6.03 Å². The van der Waals surface area contributed by atoms with Crippen LogP contribution >= 0.6 is 0 Å². The fraction of sp³-hybridized carbons (Fsp3) is 0.647. The average Bonchev–Trinajstić information content (AvgIpc) is 3.29. The van der Waals surface area contributed by atoms with E-state index in [1.54, 1.807) is 17.2 Å². The van der Waals surface area contributed by atoms with E-state index in [-0.39, 0.29) is 23.9 Å². The van der Waals surface area contributed by atoms with E-state index in [1.807, 2.05) is 6.07 Å². The molecule has 1 aromatic heterocycles. The van der Waals surface area contributed by atoms with Gasteiger partial charge < -0.3 is 20.0 Å².